The van der Waals surface area contributed by atoms with Crippen LogP contribution < -0.4 is 5.73 Å². The molecule has 4 heteroatoms. The first-order valence-corrected chi connectivity index (χ1v) is 3.76. The smallest absolute Gasteiger partial charge is 0.181 e. The van der Waals surface area contributed by atoms with Crippen LogP contribution in [0.1, 0.15) is 11.4 Å². The Morgan fingerprint density at radius 3 is 2.92 bits per heavy atom. The molecule has 0 aliphatic heterocycles. The van der Waals surface area contributed by atoms with Crippen LogP contribution in [0.25, 0.3) is 11.0 Å². The Labute approximate surface area is 69.8 Å². The summed E-state index contributed by atoms with van der Waals surface area (Å²) in [5, 5.41) is 7.89. The summed E-state index contributed by atoms with van der Waals surface area (Å²) >= 11 is 0. The highest BCUT2D eigenvalue weighted by Gasteiger charge is 2.04. The van der Waals surface area contributed by atoms with Crippen LogP contribution in [0, 0.1) is 13.8 Å². The summed E-state index contributed by atoms with van der Waals surface area (Å²) < 4.78 is 0. The van der Waals surface area contributed by atoms with Gasteiger partial charge in [0.05, 0.1) is 11.4 Å². The molecule has 0 spiro atoms. The second-order valence-electron chi connectivity index (χ2n) is 2.88. The van der Waals surface area contributed by atoms with Crippen molar-refractivity contribution < 1.29 is 0 Å². The van der Waals surface area contributed by atoms with E-state index in [0.717, 1.165) is 22.4 Å². The zero-order valence-electron chi connectivity index (χ0n) is 7.05. The average molecular weight is 162 g/mol. The van der Waals surface area contributed by atoms with Crippen molar-refractivity contribution in [2.45, 2.75) is 13.8 Å². The molecule has 12 heavy (non-hydrogen) atoms. The van der Waals surface area contributed by atoms with Crippen LogP contribution in [0.15, 0.2) is 6.07 Å². The van der Waals surface area contributed by atoms with Crippen LogP contribution in [0.3, 0.4) is 0 Å². The Kier molecular flexibility index (Phi) is 1.30. The molecule has 2 heterocycles. The van der Waals surface area contributed by atoms with E-state index in [0.29, 0.717) is 5.69 Å². The predicted octanol–water partition coefficient (Wildman–Crippen LogP) is 1.16. The van der Waals surface area contributed by atoms with Gasteiger partial charge in [0.1, 0.15) is 0 Å². The molecular formula is C8H10N4. The third kappa shape index (κ3) is 0.845. The van der Waals surface area contributed by atoms with Crippen LogP contribution in [0.2, 0.25) is 0 Å². The SMILES string of the molecule is Cc1nc2n[nH]c(C)c2cc1N. The van der Waals surface area contributed by atoms with Crippen molar-refractivity contribution in [1.82, 2.24) is 15.2 Å². The van der Waals surface area contributed by atoms with Gasteiger partial charge in [0.15, 0.2) is 5.65 Å². The number of aryl methyl sites for hydroxylation is 2. The number of anilines is 1. The van der Waals surface area contributed by atoms with Crippen LogP contribution in [-0.2, 0) is 0 Å². The molecule has 0 amide bonds. The number of hydrogen-bond acceptors (Lipinski definition) is 3. The van der Waals surface area contributed by atoms with Crippen molar-refractivity contribution in [1.29, 1.82) is 0 Å². The van der Waals surface area contributed by atoms with Crippen molar-refractivity contribution in [3.63, 3.8) is 0 Å². The molecule has 0 unspecified atom stereocenters. The van der Waals surface area contributed by atoms with Gasteiger partial charge >= 0.3 is 0 Å². The number of nitrogens with one attached hydrogen (secondary N) is 1. The van der Waals surface area contributed by atoms with Gasteiger partial charge in [0.2, 0.25) is 0 Å². The van der Waals surface area contributed by atoms with Crippen LogP contribution >= 0.6 is 0 Å². The maximum absolute atomic E-state index is 5.71. The molecule has 2 aromatic heterocycles. The molecule has 0 saturated carbocycles. The van der Waals surface area contributed by atoms with E-state index in [4.69, 9.17) is 5.73 Å². The number of aromatic nitrogens is 3. The topological polar surface area (TPSA) is 67.6 Å². The third-order valence-electron chi connectivity index (χ3n) is 1.97. The van der Waals surface area contributed by atoms with Crippen molar-refractivity contribution in [2.24, 2.45) is 0 Å². The standard InChI is InChI=1S/C8H10N4/c1-4-6-3-7(9)5(2)10-8(6)12-11-4/h3H,9H2,1-2H3,(H,10,11,12). The lowest BCUT2D eigenvalue weighted by atomic mass is 10.2. The molecule has 62 valence electrons. The zero-order chi connectivity index (χ0) is 8.72. The summed E-state index contributed by atoms with van der Waals surface area (Å²) in [4.78, 5) is 4.23. The quantitative estimate of drug-likeness (QED) is 0.610. The lowest BCUT2D eigenvalue weighted by molar-refractivity contribution is 1.05. The zero-order valence-corrected chi connectivity index (χ0v) is 7.05. The summed E-state index contributed by atoms with van der Waals surface area (Å²) in [6.45, 7) is 3.82. The van der Waals surface area contributed by atoms with E-state index in [1.165, 1.54) is 0 Å². The molecule has 3 N–H and O–H groups in total. The Balaban J connectivity index is 2.87. The summed E-state index contributed by atoms with van der Waals surface area (Å²) in [5.74, 6) is 0. The molecule has 0 aliphatic carbocycles. The predicted molar refractivity (Wildman–Crippen MR) is 47.8 cm³/mol. The first kappa shape index (κ1) is 7.09. The molecule has 4 nitrogen and oxygen atoms in total. The maximum atomic E-state index is 5.71. The van der Waals surface area contributed by atoms with Crippen molar-refractivity contribution >= 4 is 16.7 Å². The number of pyridine rings is 1. The van der Waals surface area contributed by atoms with E-state index in [1.54, 1.807) is 0 Å². The second kappa shape index (κ2) is 2.20. The minimum absolute atomic E-state index is 0.715. The number of rotatable bonds is 0. The van der Waals surface area contributed by atoms with Gasteiger partial charge in [0.25, 0.3) is 0 Å². The fraction of sp³-hybridized carbons (Fsp3) is 0.250. The van der Waals surface area contributed by atoms with Gasteiger partial charge in [-0.1, -0.05) is 0 Å². The van der Waals surface area contributed by atoms with Crippen molar-refractivity contribution in [3.8, 4) is 0 Å². The van der Waals surface area contributed by atoms with Gasteiger partial charge in [-0.15, -0.1) is 0 Å². The van der Waals surface area contributed by atoms with Gasteiger partial charge in [-0.3, -0.25) is 5.10 Å². The van der Waals surface area contributed by atoms with E-state index in [1.807, 2.05) is 19.9 Å². The summed E-state index contributed by atoms with van der Waals surface area (Å²) in [7, 11) is 0. The van der Waals surface area contributed by atoms with Crippen molar-refractivity contribution in [2.75, 3.05) is 5.73 Å². The lowest BCUT2D eigenvalue weighted by Gasteiger charge is -1.97. The van der Waals surface area contributed by atoms with Crippen LogP contribution in [0.5, 0.6) is 0 Å². The summed E-state index contributed by atoms with van der Waals surface area (Å²) in [5.41, 5.74) is 8.99. The molecular weight excluding hydrogens is 152 g/mol. The second-order valence-corrected chi connectivity index (χ2v) is 2.88. The Hall–Kier alpha value is -1.58. The Morgan fingerprint density at radius 2 is 2.17 bits per heavy atom. The summed E-state index contributed by atoms with van der Waals surface area (Å²) in [6, 6.07) is 1.90. The van der Waals surface area contributed by atoms with Gasteiger partial charge < -0.3 is 5.73 Å². The molecule has 0 aliphatic rings. The molecule has 0 saturated heterocycles. The van der Waals surface area contributed by atoms with Gasteiger partial charge in [-0.05, 0) is 19.9 Å². The fourth-order valence-electron chi connectivity index (χ4n) is 1.17. The first-order chi connectivity index (χ1) is 5.68. The minimum atomic E-state index is 0.715. The molecule has 2 rings (SSSR count). The highest BCUT2D eigenvalue weighted by molar-refractivity contribution is 5.81. The molecule has 2 aromatic rings. The number of H-pyrrole nitrogens is 1. The molecule has 0 aromatic carbocycles. The Morgan fingerprint density at radius 1 is 1.42 bits per heavy atom. The molecule has 0 fully saturated rings. The number of nitrogens with two attached hydrogens (primary N) is 1. The number of fused-ring (bicyclic) bond motifs is 1. The van der Waals surface area contributed by atoms with E-state index in [2.05, 4.69) is 15.2 Å². The van der Waals surface area contributed by atoms with Crippen LogP contribution in [-0.4, -0.2) is 15.2 Å². The van der Waals surface area contributed by atoms with Gasteiger partial charge in [-0.2, -0.15) is 5.10 Å². The third-order valence-corrected chi connectivity index (χ3v) is 1.97. The highest BCUT2D eigenvalue weighted by Crippen LogP contribution is 2.18. The number of hydrogen-bond donors (Lipinski definition) is 2. The number of aromatic amines is 1. The summed E-state index contributed by atoms with van der Waals surface area (Å²) in [6.07, 6.45) is 0. The van der Waals surface area contributed by atoms with Gasteiger partial charge in [0, 0.05) is 11.1 Å². The monoisotopic (exact) mass is 162 g/mol. The largest absolute Gasteiger partial charge is 0.397 e. The fourth-order valence-corrected chi connectivity index (χ4v) is 1.17. The Bertz CT molecular complexity index is 430. The first-order valence-electron chi connectivity index (χ1n) is 3.76. The van der Waals surface area contributed by atoms with E-state index >= 15 is 0 Å². The molecule has 0 atom stereocenters. The van der Waals surface area contributed by atoms with E-state index in [-0.39, 0.29) is 0 Å². The highest BCUT2D eigenvalue weighted by atomic mass is 15.1. The van der Waals surface area contributed by atoms with Crippen LogP contribution in [0.4, 0.5) is 5.69 Å². The maximum Gasteiger partial charge on any atom is 0.181 e. The minimum Gasteiger partial charge on any atom is -0.397 e. The average Bonchev–Trinajstić information content (AvgIpc) is 2.35. The molecule has 0 radical (unpaired) electrons. The van der Waals surface area contributed by atoms with Crippen molar-refractivity contribution in [3.05, 3.63) is 17.5 Å². The normalized spacial score (nSPS) is 10.8. The van der Waals surface area contributed by atoms with E-state index < -0.39 is 0 Å². The number of nitrogen functional groups attached to an aromatic ring is 1. The molecule has 0 bridgehead atoms. The number of nitrogens with zero attached hydrogens (tertiary/aromatic N) is 2. The van der Waals surface area contributed by atoms with Gasteiger partial charge in [-0.25, -0.2) is 4.98 Å². The lowest BCUT2D eigenvalue weighted by Crippen LogP contribution is -1.92. The van der Waals surface area contributed by atoms with E-state index in [9.17, 15) is 0 Å².